The molecule has 0 aromatic heterocycles. The lowest BCUT2D eigenvalue weighted by Gasteiger charge is -2.20. The Hall–Kier alpha value is -1.66. The zero-order valence-corrected chi connectivity index (χ0v) is 11.1. The summed E-state index contributed by atoms with van der Waals surface area (Å²) in [5.74, 6) is -0.993. The Morgan fingerprint density at radius 2 is 1.67 bits per heavy atom. The van der Waals surface area contributed by atoms with Crippen molar-refractivity contribution < 1.29 is 21.2 Å². The van der Waals surface area contributed by atoms with E-state index in [4.69, 9.17) is 5.26 Å². The largest absolute Gasteiger partial charge is 0.245 e. The average molecular weight is 292 g/mol. The molecule has 0 aliphatic heterocycles. The third kappa shape index (κ3) is 2.77. The van der Waals surface area contributed by atoms with Crippen LogP contribution in [0.4, 0.5) is 10.1 Å². The highest BCUT2D eigenvalue weighted by Crippen LogP contribution is 2.26. The molecule has 0 spiro atoms. The van der Waals surface area contributed by atoms with Gasteiger partial charge in [-0.25, -0.2) is 21.2 Å². The zero-order valence-electron chi connectivity index (χ0n) is 9.45. The van der Waals surface area contributed by atoms with Crippen LogP contribution in [0.2, 0.25) is 0 Å². The molecule has 0 saturated carbocycles. The highest BCUT2D eigenvalue weighted by atomic mass is 32.3. The molecule has 0 aliphatic carbocycles. The van der Waals surface area contributed by atoms with E-state index in [9.17, 15) is 21.2 Å². The van der Waals surface area contributed by atoms with Gasteiger partial charge in [-0.3, -0.25) is 0 Å². The van der Waals surface area contributed by atoms with Crippen molar-refractivity contribution in [3.05, 3.63) is 29.6 Å². The molecule has 0 amide bonds. The van der Waals surface area contributed by atoms with Crippen molar-refractivity contribution in [1.29, 1.82) is 5.26 Å². The molecule has 6 nitrogen and oxygen atoms in total. The van der Waals surface area contributed by atoms with Crippen LogP contribution in [-0.4, -0.2) is 29.3 Å². The van der Waals surface area contributed by atoms with Gasteiger partial charge in [-0.2, -0.15) is 8.97 Å². The van der Waals surface area contributed by atoms with Crippen molar-refractivity contribution >= 4 is 25.7 Å². The predicted molar refractivity (Wildman–Crippen MR) is 63.3 cm³/mol. The third-order valence-electron chi connectivity index (χ3n) is 1.90. The van der Waals surface area contributed by atoms with Crippen molar-refractivity contribution in [3.8, 4) is 6.07 Å². The summed E-state index contributed by atoms with van der Waals surface area (Å²) in [7, 11) is -8.39. The third-order valence-corrected chi connectivity index (χ3v) is 5.13. The number of nitriles is 1. The number of benzene rings is 1. The summed E-state index contributed by atoms with van der Waals surface area (Å²) >= 11 is 0. The first kappa shape index (κ1) is 14.4. The fraction of sp³-hybridized carbons (Fsp3) is 0.222. The smallest absolute Gasteiger partial charge is 0.206 e. The molecule has 0 saturated heterocycles. The first-order valence-electron chi connectivity index (χ1n) is 4.48. The number of nitrogens with zero attached hydrogens (tertiary/aromatic N) is 2. The lowest BCUT2D eigenvalue weighted by molar-refractivity contribution is 0.590. The van der Waals surface area contributed by atoms with Crippen LogP contribution in [0.1, 0.15) is 5.56 Å². The van der Waals surface area contributed by atoms with E-state index >= 15 is 0 Å². The maximum atomic E-state index is 13.3. The van der Waals surface area contributed by atoms with Gasteiger partial charge in [0.15, 0.2) is 0 Å². The molecule has 0 heterocycles. The van der Waals surface area contributed by atoms with Gasteiger partial charge in [0.05, 0.1) is 18.2 Å². The minimum absolute atomic E-state index is 0.0294. The van der Waals surface area contributed by atoms with E-state index in [1.54, 1.807) is 0 Å². The first-order valence-corrected chi connectivity index (χ1v) is 8.18. The van der Waals surface area contributed by atoms with Crippen LogP contribution < -0.4 is 3.71 Å². The van der Waals surface area contributed by atoms with Crippen molar-refractivity contribution in [3.63, 3.8) is 0 Å². The van der Waals surface area contributed by atoms with Crippen molar-refractivity contribution in [2.45, 2.75) is 0 Å². The van der Waals surface area contributed by atoms with Crippen LogP contribution in [0.15, 0.2) is 18.2 Å². The highest BCUT2D eigenvalue weighted by molar-refractivity contribution is 8.09. The number of hydrogen-bond donors (Lipinski definition) is 0. The number of sulfonamides is 2. The maximum absolute atomic E-state index is 13.3. The molecule has 0 aliphatic rings. The fourth-order valence-electron chi connectivity index (χ4n) is 1.38. The molecule has 18 heavy (non-hydrogen) atoms. The Labute approximate surface area is 104 Å². The number of hydrogen-bond acceptors (Lipinski definition) is 5. The van der Waals surface area contributed by atoms with Gasteiger partial charge in [-0.1, -0.05) is 6.07 Å². The van der Waals surface area contributed by atoms with Crippen LogP contribution in [0.3, 0.4) is 0 Å². The second-order valence-corrected chi connectivity index (χ2v) is 7.36. The van der Waals surface area contributed by atoms with E-state index in [2.05, 4.69) is 0 Å². The molecule has 1 rings (SSSR count). The predicted octanol–water partition coefficient (Wildman–Crippen LogP) is 0.423. The topological polar surface area (TPSA) is 95.3 Å². The van der Waals surface area contributed by atoms with E-state index in [0.717, 1.165) is 18.2 Å². The van der Waals surface area contributed by atoms with E-state index < -0.39 is 37.1 Å². The number of halogens is 1. The van der Waals surface area contributed by atoms with Crippen LogP contribution in [-0.2, 0) is 20.0 Å². The molecule has 9 heteroatoms. The summed E-state index contributed by atoms with van der Waals surface area (Å²) in [6.07, 6.45) is 1.31. The van der Waals surface area contributed by atoms with Gasteiger partial charge >= 0.3 is 0 Å². The lowest BCUT2D eigenvalue weighted by atomic mass is 10.2. The van der Waals surface area contributed by atoms with Gasteiger partial charge in [0.25, 0.3) is 0 Å². The van der Waals surface area contributed by atoms with Crippen LogP contribution in [0.5, 0.6) is 0 Å². The highest BCUT2D eigenvalue weighted by Gasteiger charge is 2.30. The van der Waals surface area contributed by atoms with Gasteiger partial charge in [0, 0.05) is 0 Å². The number of anilines is 1. The lowest BCUT2D eigenvalue weighted by Crippen LogP contribution is -2.35. The van der Waals surface area contributed by atoms with Gasteiger partial charge in [-0.05, 0) is 12.1 Å². The summed E-state index contributed by atoms with van der Waals surface area (Å²) < 4.78 is 59.3. The fourth-order valence-corrected chi connectivity index (χ4v) is 4.37. The van der Waals surface area contributed by atoms with E-state index in [0.29, 0.717) is 12.5 Å². The molecule has 98 valence electrons. The molecule has 1 aromatic carbocycles. The second-order valence-electron chi connectivity index (χ2n) is 3.47. The van der Waals surface area contributed by atoms with E-state index in [-0.39, 0.29) is 3.71 Å². The van der Waals surface area contributed by atoms with Crippen LogP contribution >= 0.6 is 0 Å². The minimum Gasteiger partial charge on any atom is -0.206 e. The van der Waals surface area contributed by atoms with E-state index in [1.807, 2.05) is 0 Å². The molecule has 0 fully saturated rings. The summed E-state index contributed by atoms with van der Waals surface area (Å²) in [4.78, 5) is 0. The summed E-state index contributed by atoms with van der Waals surface area (Å²) in [5, 5.41) is 8.77. The average Bonchev–Trinajstić information content (AvgIpc) is 2.13. The van der Waals surface area contributed by atoms with Crippen molar-refractivity contribution in [2.75, 3.05) is 16.2 Å². The molecule has 1 aromatic rings. The maximum Gasteiger partial charge on any atom is 0.245 e. The minimum atomic E-state index is -4.20. The standard InChI is InChI=1S/C9H9FN2O4S2/c1-17(13,14)12(18(2,15)16)9-5-3-4-8(10)7(9)6-11/h3-5H,1-2H3. The van der Waals surface area contributed by atoms with Gasteiger partial charge in [0.1, 0.15) is 17.4 Å². The molecule has 0 unspecified atom stereocenters. The Kier molecular flexibility index (Phi) is 3.64. The Balaban J connectivity index is 3.73. The quantitative estimate of drug-likeness (QED) is 0.804. The van der Waals surface area contributed by atoms with E-state index in [1.165, 1.54) is 6.07 Å². The Morgan fingerprint density at radius 1 is 1.17 bits per heavy atom. The molecule has 0 N–H and O–H groups in total. The monoisotopic (exact) mass is 292 g/mol. The summed E-state index contributed by atoms with van der Waals surface area (Å²) in [5.41, 5.74) is -1.17. The summed E-state index contributed by atoms with van der Waals surface area (Å²) in [6.45, 7) is 0. The van der Waals surface area contributed by atoms with Crippen molar-refractivity contribution in [2.24, 2.45) is 0 Å². The zero-order chi connectivity index (χ0) is 14.1. The molecule has 0 atom stereocenters. The van der Waals surface area contributed by atoms with Gasteiger partial charge < -0.3 is 0 Å². The molecule has 0 bridgehead atoms. The second kappa shape index (κ2) is 4.55. The van der Waals surface area contributed by atoms with Crippen LogP contribution in [0.25, 0.3) is 0 Å². The molecule has 0 radical (unpaired) electrons. The molecular weight excluding hydrogens is 283 g/mol. The van der Waals surface area contributed by atoms with Gasteiger partial charge in [-0.15, -0.1) is 0 Å². The first-order chi connectivity index (χ1) is 8.09. The van der Waals surface area contributed by atoms with Crippen LogP contribution in [0, 0.1) is 17.1 Å². The Morgan fingerprint density at radius 3 is 2.06 bits per heavy atom. The summed E-state index contributed by atoms with van der Waals surface area (Å²) in [6, 6.07) is 4.54. The Bertz CT molecular complexity index is 687. The normalized spacial score (nSPS) is 11.9. The van der Waals surface area contributed by atoms with Crippen molar-refractivity contribution in [1.82, 2.24) is 0 Å². The molecular formula is C9H9FN2O4S2. The number of rotatable bonds is 3. The SMILES string of the molecule is CS(=O)(=O)N(c1cccc(F)c1C#N)S(C)(=O)=O. The van der Waals surface area contributed by atoms with Gasteiger partial charge in [0.2, 0.25) is 20.0 Å².